The van der Waals surface area contributed by atoms with Gasteiger partial charge in [-0.25, -0.2) is 13.1 Å². The number of halogens is 1. The number of carbonyl (C=O) groups is 1. The zero-order valence-electron chi connectivity index (χ0n) is 11.7. The number of carbonyl (C=O) groups excluding carboxylic acids is 1. The number of nitrogens with one attached hydrogen (secondary N) is 2. The van der Waals surface area contributed by atoms with Crippen molar-refractivity contribution in [3.8, 4) is 0 Å². The van der Waals surface area contributed by atoms with Gasteiger partial charge in [0.1, 0.15) is 0 Å². The van der Waals surface area contributed by atoms with Gasteiger partial charge >= 0.3 is 0 Å². The second-order valence-electron chi connectivity index (χ2n) is 4.79. The molecule has 0 aromatic carbocycles. The zero-order valence-corrected chi connectivity index (χ0v) is 14.1. The van der Waals surface area contributed by atoms with Crippen LogP contribution in [0.2, 0.25) is 0 Å². The summed E-state index contributed by atoms with van der Waals surface area (Å²) in [4.78, 5) is 11.8. The molecule has 0 radical (unpaired) electrons. The van der Waals surface area contributed by atoms with E-state index in [0.717, 1.165) is 4.68 Å². The summed E-state index contributed by atoms with van der Waals surface area (Å²) in [5.74, 6) is -0.0910. The van der Waals surface area contributed by atoms with Gasteiger partial charge < -0.3 is 5.32 Å². The molecule has 1 unspecified atom stereocenters. The Balaban J connectivity index is 2.79. The van der Waals surface area contributed by atoms with Gasteiger partial charge in [0.25, 0.3) is 10.0 Å². The van der Waals surface area contributed by atoms with Gasteiger partial charge in [0, 0.05) is 13.6 Å². The van der Waals surface area contributed by atoms with E-state index in [1.807, 2.05) is 13.8 Å². The van der Waals surface area contributed by atoms with E-state index in [-0.39, 0.29) is 21.5 Å². The summed E-state index contributed by atoms with van der Waals surface area (Å²) < 4.78 is 27.8. The van der Waals surface area contributed by atoms with Crippen LogP contribution in [0.15, 0.2) is 9.63 Å². The lowest BCUT2D eigenvalue weighted by Crippen LogP contribution is -2.45. The predicted octanol–water partition coefficient (Wildman–Crippen LogP) is 0.0166. The molecule has 1 amide bonds. The van der Waals surface area contributed by atoms with Crippen molar-refractivity contribution in [3.05, 3.63) is 4.60 Å². The van der Waals surface area contributed by atoms with E-state index in [2.05, 4.69) is 36.3 Å². The van der Waals surface area contributed by atoms with Gasteiger partial charge in [-0.2, -0.15) is 4.72 Å². The van der Waals surface area contributed by atoms with E-state index in [1.54, 1.807) is 0 Å². The Morgan fingerprint density at radius 2 is 2.00 bits per heavy atom. The molecule has 8 nitrogen and oxygen atoms in total. The topological polar surface area (TPSA) is 106 Å². The number of aromatic nitrogens is 3. The SMILES string of the molecule is CC(C)CNC(=O)C(C)NS(=O)(=O)c1c(Br)nnn1C. The zero-order chi connectivity index (χ0) is 15.5. The second-order valence-corrected chi connectivity index (χ2v) is 7.17. The first kappa shape index (κ1) is 17.1. The lowest BCUT2D eigenvalue weighted by atomic mass is 10.2. The molecule has 1 rings (SSSR count). The molecule has 0 fully saturated rings. The van der Waals surface area contributed by atoms with Crippen LogP contribution in [-0.4, -0.2) is 41.9 Å². The van der Waals surface area contributed by atoms with Crippen LogP contribution in [-0.2, 0) is 21.9 Å². The third kappa shape index (κ3) is 4.25. The average Bonchev–Trinajstić information content (AvgIpc) is 2.65. The molecule has 0 saturated heterocycles. The van der Waals surface area contributed by atoms with E-state index in [4.69, 9.17) is 0 Å². The number of hydrogen-bond acceptors (Lipinski definition) is 5. The summed E-state index contributed by atoms with van der Waals surface area (Å²) in [7, 11) is -2.43. The summed E-state index contributed by atoms with van der Waals surface area (Å²) in [5, 5.41) is 9.74. The van der Waals surface area contributed by atoms with Crippen molar-refractivity contribution in [1.82, 2.24) is 25.0 Å². The maximum absolute atomic E-state index is 12.2. The molecule has 114 valence electrons. The lowest BCUT2D eigenvalue weighted by Gasteiger charge is -2.15. The number of sulfonamides is 1. The van der Waals surface area contributed by atoms with Crippen molar-refractivity contribution < 1.29 is 13.2 Å². The average molecular weight is 368 g/mol. The van der Waals surface area contributed by atoms with Crippen LogP contribution in [0.5, 0.6) is 0 Å². The molecule has 10 heteroatoms. The molecule has 1 aromatic rings. The van der Waals surface area contributed by atoms with Crippen molar-refractivity contribution in [2.24, 2.45) is 13.0 Å². The summed E-state index contributed by atoms with van der Waals surface area (Å²) in [6, 6.07) is -0.888. The summed E-state index contributed by atoms with van der Waals surface area (Å²) in [5.41, 5.74) is 0. The van der Waals surface area contributed by atoms with Gasteiger partial charge in [-0.15, -0.1) is 5.10 Å². The van der Waals surface area contributed by atoms with Gasteiger partial charge in [-0.1, -0.05) is 19.1 Å². The molecule has 1 atom stereocenters. The Morgan fingerprint density at radius 3 is 2.45 bits per heavy atom. The quantitative estimate of drug-likeness (QED) is 0.736. The highest BCUT2D eigenvalue weighted by atomic mass is 79.9. The van der Waals surface area contributed by atoms with Gasteiger partial charge in [0.2, 0.25) is 10.9 Å². The van der Waals surface area contributed by atoms with Crippen LogP contribution in [0.1, 0.15) is 20.8 Å². The summed E-state index contributed by atoms with van der Waals surface area (Å²) in [6.07, 6.45) is 0. The van der Waals surface area contributed by atoms with Crippen molar-refractivity contribution in [2.45, 2.75) is 31.8 Å². The molecule has 0 aliphatic rings. The van der Waals surface area contributed by atoms with Crippen LogP contribution in [0.3, 0.4) is 0 Å². The monoisotopic (exact) mass is 367 g/mol. The van der Waals surface area contributed by atoms with E-state index < -0.39 is 16.1 Å². The third-order valence-electron chi connectivity index (χ3n) is 2.40. The van der Waals surface area contributed by atoms with Crippen LogP contribution in [0.25, 0.3) is 0 Å². The number of rotatable bonds is 6. The van der Waals surface area contributed by atoms with E-state index in [1.165, 1.54) is 14.0 Å². The highest BCUT2D eigenvalue weighted by molar-refractivity contribution is 9.10. The van der Waals surface area contributed by atoms with Crippen molar-refractivity contribution in [3.63, 3.8) is 0 Å². The van der Waals surface area contributed by atoms with Crippen molar-refractivity contribution in [1.29, 1.82) is 0 Å². The molecule has 0 bridgehead atoms. The van der Waals surface area contributed by atoms with Gasteiger partial charge in [-0.3, -0.25) is 4.79 Å². The fourth-order valence-corrected chi connectivity index (χ4v) is 3.71. The maximum atomic E-state index is 12.2. The number of aryl methyl sites for hydroxylation is 1. The lowest BCUT2D eigenvalue weighted by molar-refractivity contribution is -0.122. The highest BCUT2D eigenvalue weighted by Crippen LogP contribution is 2.17. The largest absolute Gasteiger partial charge is 0.354 e. The summed E-state index contributed by atoms with van der Waals surface area (Å²) >= 11 is 3.02. The Bertz CT molecular complexity index is 564. The minimum Gasteiger partial charge on any atom is -0.354 e. The van der Waals surface area contributed by atoms with Crippen LogP contribution < -0.4 is 10.0 Å². The van der Waals surface area contributed by atoms with Crippen LogP contribution >= 0.6 is 15.9 Å². The molecular formula is C10H18BrN5O3S. The maximum Gasteiger partial charge on any atom is 0.261 e. The molecule has 0 spiro atoms. The molecule has 0 aliphatic carbocycles. The Kier molecular flexibility index (Phi) is 5.66. The Morgan fingerprint density at radius 1 is 1.40 bits per heavy atom. The molecular weight excluding hydrogens is 350 g/mol. The van der Waals surface area contributed by atoms with Crippen LogP contribution in [0.4, 0.5) is 0 Å². The standard InChI is InChI=1S/C10H18BrN5O3S/c1-6(2)5-12-9(17)7(3)14-20(18,19)10-8(11)13-15-16(10)4/h6-7,14H,5H2,1-4H3,(H,12,17). The van der Waals surface area contributed by atoms with Crippen molar-refractivity contribution in [2.75, 3.05) is 6.54 Å². The molecule has 0 aliphatic heterocycles. The van der Waals surface area contributed by atoms with Gasteiger partial charge in [0.15, 0.2) is 4.60 Å². The van der Waals surface area contributed by atoms with E-state index in [9.17, 15) is 13.2 Å². The minimum atomic E-state index is -3.88. The molecule has 20 heavy (non-hydrogen) atoms. The van der Waals surface area contributed by atoms with E-state index >= 15 is 0 Å². The fourth-order valence-electron chi connectivity index (χ4n) is 1.41. The minimum absolute atomic E-state index is 0.0993. The fraction of sp³-hybridized carbons (Fsp3) is 0.700. The second kappa shape index (κ2) is 6.64. The molecule has 0 saturated carbocycles. The summed E-state index contributed by atoms with van der Waals surface area (Å²) in [6.45, 7) is 5.87. The molecule has 1 aromatic heterocycles. The molecule has 1 heterocycles. The van der Waals surface area contributed by atoms with Gasteiger partial charge in [-0.05, 0) is 28.8 Å². The predicted molar refractivity (Wildman–Crippen MR) is 76.3 cm³/mol. The first-order chi connectivity index (χ1) is 9.15. The normalized spacial score (nSPS) is 13.5. The Hall–Kier alpha value is -1.00. The number of nitrogens with zero attached hydrogens (tertiary/aromatic N) is 3. The first-order valence-corrected chi connectivity index (χ1v) is 8.28. The first-order valence-electron chi connectivity index (χ1n) is 6.00. The number of amides is 1. The van der Waals surface area contributed by atoms with E-state index in [0.29, 0.717) is 6.54 Å². The molecule has 2 N–H and O–H groups in total. The third-order valence-corrected chi connectivity index (χ3v) is 4.83. The van der Waals surface area contributed by atoms with Gasteiger partial charge in [0.05, 0.1) is 6.04 Å². The van der Waals surface area contributed by atoms with Crippen molar-refractivity contribution >= 4 is 31.9 Å². The Labute approximate surface area is 126 Å². The van der Waals surface area contributed by atoms with Crippen LogP contribution in [0, 0.1) is 5.92 Å². The highest BCUT2D eigenvalue weighted by Gasteiger charge is 2.27. The number of hydrogen-bond donors (Lipinski definition) is 2. The smallest absolute Gasteiger partial charge is 0.261 e.